The number of hydrogen-bond donors (Lipinski definition) is 4. The number of aliphatic hydroxyl groups excluding tert-OH is 4. The highest BCUT2D eigenvalue weighted by atomic mass is 16.7. The van der Waals surface area contributed by atoms with Crippen LogP contribution in [0.5, 0.6) is 5.75 Å². The van der Waals surface area contributed by atoms with E-state index in [0.717, 1.165) is 5.56 Å². The molecule has 0 aromatic heterocycles. The molecule has 6 heteroatoms. The SMILES string of the molecule is C[C@@H]1O[C@@H](Oc2ccc(CO)cc2)[C@H](O)[C@H](O)[C@H]1O. The molecular weight excluding hydrogens is 252 g/mol. The first-order valence-electron chi connectivity index (χ1n) is 6.09. The zero-order valence-electron chi connectivity index (χ0n) is 10.5. The van der Waals surface area contributed by atoms with Crippen LogP contribution in [0.15, 0.2) is 24.3 Å². The van der Waals surface area contributed by atoms with Crippen LogP contribution in [-0.4, -0.2) is 51.1 Å². The van der Waals surface area contributed by atoms with Gasteiger partial charge in [0.2, 0.25) is 6.29 Å². The molecule has 0 saturated carbocycles. The van der Waals surface area contributed by atoms with Gasteiger partial charge in [-0.1, -0.05) is 12.1 Å². The molecule has 2 rings (SSSR count). The number of benzene rings is 1. The lowest BCUT2D eigenvalue weighted by Crippen LogP contribution is -2.58. The third-order valence-corrected chi connectivity index (χ3v) is 3.17. The fraction of sp³-hybridized carbons (Fsp3) is 0.538. The minimum Gasteiger partial charge on any atom is -0.462 e. The Morgan fingerprint density at radius 1 is 1.05 bits per heavy atom. The molecule has 1 fully saturated rings. The molecule has 6 nitrogen and oxygen atoms in total. The molecule has 5 atom stereocenters. The van der Waals surface area contributed by atoms with Crippen molar-refractivity contribution >= 4 is 0 Å². The predicted octanol–water partition coefficient (Wildman–Crippen LogP) is -0.615. The first-order valence-corrected chi connectivity index (χ1v) is 6.09. The smallest absolute Gasteiger partial charge is 0.229 e. The summed E-state index contributed by atoms with van der Waals surface area (Å²) < 4.78 is 10.7. The van der Waals surface area contributed by atoms with E-state index in [1.165, 1.54) is 0 Å². The van der Waals surface area contributed by atoms with E-state index in [1.54, 1.807) is 31.2 Å². The van der Waals surface area contributed by atoms with Crippen LogP contribution >= 0.6 is 0 Å². The molecule has 1 aliphatic heterocycles. The van der Waals surface area contributed by atoms with Crippen molar-refractivity contribution < 1.29 is 29.9 Å². The first-order chi connectivity index (χ1) is 9.02. The van der Waals surface area contributed by atoms with Crippen LogP contribution in [0.3, 0.4) is 0 Å². The Morgan fingerprint density at radius 3 is 2.26 bits per heavy atom. The molecule has 0 radical (unpaired) electrons. The highest BCUT2D eigenvalue weighted by molar-refractivity contribution is 5.27. The van der Waals surface area contributed by atoms with Crippen LogP contribution in [0.2, 0.25) is 0 Å². The van der Waals surface area contributed by atoms with Gasteiger partial charge in [0, 0.05) is 0 Å². The Bertz CT molecular complexity index is 406. The number of hydrogen-bond acceptors (Lipinski definition) is 6. The summed E-state index contributed by atoms with van der Waals surface area (Å²) in [6.07, 6.45) is -5.48. The lowest BCUT2D eigenvalue weighted by Gasteiger charge is -2.38. The van der Waals surface area contributed by atoms with Gasteiger partial charge >= 0.3 is 0 Å². The first kappa shape index (κ1) is 14.2. The topological polar surface area (TPSA) is 99.4 Å². The number of rotatable bonds is 3. The van der Waals surface area contributed by atoms with Gasteiger partial charge in [-0.15, -0.1) is 0 Å². The summed E-state index contributed by atoms with van der Waals surface area (Å²) >= 11 is 0. The van der Waals surface area contributed by atoms with Gasteiger partial charge in [0.05, 0.1) is 12.7 Å². The van der Waals surface area contributed by atoms with Crippen molar-refractivity contribution in [3.63, 3.8) is 0 Å². The summed E-state index contributed by atoms with van der Waals surface area (Å²) in [5, 5.41) is 37.9. The average molecular weight is 270 g/mol. The van der Waals surface area contributed by atoms with Crippen molar-refractivity contribution in [1.29, 1.82) is 0 Å². The average Bonchev–Trinajstić information content (AvgIpc) is 2.43. The normalized spacial score (nSPS) is 35.1. The zero-order valence-corrected chi connectivity index (χ0v) is 10.5. The van der Waals surface area contributed by atoms with E-state index in [0.29, 0.717) is 5.75 Å². The second-order valence-electron chi connectivity index (χ2n) is 4.60. The van der Waals surface area contributed by atoms with Crippen LogP contribution in [0.25, 0.3) is 0 Å². The van der Waals surface area contributed by atoms with E-state index in [2.05, 4.69) is 0 Å². The molecule has 0 bridgehead atoms. The van der Waals surface area contributed by atoms with E-state index < -0.39 is 30.7 Å². The highest BCUT2D eigenvalue weighted by Crippen LogP contribution is 2.24. The summed E-state index contributed by atoms with van der Waals surface area (Å²) in [6, 6.07) is 6.62. The van der Waals surface area contributed by atoms with Crippen LogP contribution in [0.1, 0.15) is 12.5 Å². The van der Waals surface area contributed by atoms with Gasteiger partial charge in [-0.2, -0.15) is 0 Å². The molecule has 0 aliphatic carbocycles. The van der Waals surface area contributed by atoms with Crippen molar-refractivity contribution in [2.75, 3.05) is 0 Å². The quantitative estimate of drug-likeness (QED) is 0.584. The van der Waals surface area contributed by atoms with Gasteiger partial charge in [0.25, 0.3) is 0 Å². The van der Waals surface area contributed by atoms with Gasteiger partial charge < -0.3 is 29.9 Å². The summed E-state index contributed by atoms with van der Waals surface area (Å²) in [6.45, 7) is 1.52. The Labute approximate surface area is 110 Å². The van der Waals surface area contributed by atoms with Crippen LogP contribution in [-0.2, 0) is 11.3 Å². The molecule has 4 N–H and O–H groups in total. The summed E-state index contributed by atoms with van der Waals surface area (Å²) in [5.41, 5.74) is 0.737. The molecule has 1 aromatic carbocycles. The summed E-state index contributed by atoms with van der Waals surface area (Å²) in [7, 11) is 0. The Hall–Kier alpha value is -1.18. The molecule has 0 amide bonds. The molecule has 1 aromatic rings. The molecule has 1 aliphatic rings. The summed E-state index contributed by atoms with van der Waals surface area (Å²) in [5.74, 6) is 0.442. The van der Waals surface area contributed by atoms with E-state index in [4.69, 9.17) is 14.6 Å². The van der Waals surface area contributed by atoms with Gasteiger partial charge in [0.15, 0.2) is 0 Å². The Balaban J connectivity index is 2.05. The van der Waals surface area contributed by atoms with Crippen LogP contribution in [0.4, 0.5) is 0 Å². The maximum atomic E-state index is 9.79. The fourth-order valence-corrected chi connectivity index (χ4v) is 1.92. The Kier molecular flexibility index (Phi) is 4.38. The van der Waals surface area contributed by atoms with E-state index >= 15 is 0 Å². The molecule has 1 heterocycles. The maximum Gasteiger partial charge on any atom is 0.229 e. The van der Waals surface area contributed by atoms with Crippen LogP contribution < -0.4 is 4.74 Å². The summed E-state index contributed by atoms with van der Waals surface area (Å²) in [4.78, 5) is 0. The van der Waals surface area contributed by atoms with Gasteiger partial charge in [-0.05, 0) is 24.6 Å². The van der Waals surface area contributed by atoms with Gasteiger partial charge in [-0.25, -0.2) is 0 Å². The van der Waals surface area contributed by atoms with E-state index in [9.17, 15) is 15.3 Å². The zero-order chi connectivity index (χ0) is 14.0. The highest BCUT2D eigenvalue weighted by Gasteiger charge is 2.43. The Morgan fingerprint density at radius 2 is 1.68 bits per heavy atom. The molecular formula is C13H18O6. The number of aliphatic hydroxyl groups is 4. The van der Waals surface area contributed by atoms with Crippen molar-refractivity contribution in [3.05, 3.63) is 29.8 Å². The maximum absolute atomic E-state index is 9.79. The van der Waals surface area contributed by atoms with Crippen molar-refractivity contribution in [1.82, 2.24) is 0 Å². The molecule has 19 heavy (non-hydrogen) atoms. The monoisotopic (exact) mass is 270 g/mol. The second kappa shape index (κ2) is 5.85. The van der Waals surface area contributed by atoms with E-state index in [-0.39, 0.29) is 6.61 Å². The predicted molar refractivity (Wildman–Crippen MR) is 65.3 cm³/mol. The van der Waals surface area contributed by atoms with Crippen molar-refractivity contribution in [2.45, 2.75) is 44.2 Å². The molecule has 106 valence electrons. The molecule has 0 spiro atoms. The minimum atomic E-state index is -1.33. The lowest BCUT2D eigenvalue weighted by molar-refractivity contribution is -0.268. The van der Waals surface area contributed by atoms with Crippen molar-refractivity contribution in [2.24, 2.45) is 0 Å². The van der Waals surface area contributed by atoms with Gasteiger partial charge in [-0.3, -0.25) is 0 Å². The lowest BCUT2D eigenvalue weighted by atomic mass is 10.00. The second-order valence-corrected chi connectivity index (χ2v) is 4.60. The largest absolute Gasteiger partial charge is 0.462 e. The third kappa shape index (κ3) is 3.05. The van der Waals surface area contributed by atoms with E-state index in [1.807, 2.05) is 0 Å². The van der Waals surface area contributed by atoms with Gasteiger partial charge in [0.1, 0.15) is 24.1 Å². The molecule has 1 saturated heterocycles. The number of ether oxygens (including phenoxy) is 2. The van der Waals surface area contributed by atoms with Crippen molar-refractivity contribution in [3.8, 4) is 5.75 Å². The fourth-order valence-electron chi connectivity index (χ4n) is 1.92. The molecule has 0 unspecified atom stereocenters. The standard InChI is InChI=1S/C13H18O6/c1-7-10(15)11(16)12(17)13(18-7)19-9-4-2-8(6-14)3-5-9/h2-5,7,10-17H,6H2,1H3/t7-,10-,11+,12+,13-/m0/s1. The van der Waals surface area contributed by atoms with Crippen LogP contribution in [0, 0.1) is 0 Å². The minimum absolute atomic E-state index is 0.0647. The third-order valence-electron chi connectivity index (χ3n) is 3.17.